The maximum atomic E-state index is 13.0. The molecule has 0 radical (unpaired) electrons. The minimum atomic E-state index is -4.69. The molecule has 0 fully saturated rings. The highest BCUT2D eigenvalue weighted by atomic mass is 35.5. The molecule has 0 aromatic carbocycles. The molecule has 1 atom stereocenters. The number of amides is 2. The Morgan fingerprint density at radius 1 is 1.11 bits per heavy atom. The van der Waals surface area contributed by atoms with Crippen molar-refractivity contribution in [1.82, 2.24) is 30.0 Å². The summed E-state index contributed by atoms with van der Waals surface area (Å²) in [5.41, 5.74) is -0.0595. The summed E-state index contributed by atoms with van der Waals surface area (Å²) in [6, 6.07) is 3.58. The molecular formula is C21H15ClF3N7O2S. The molecule has 4 aromatic rings. The number of thiazole rings is 1. The smallest absolute Gasteiger partial charge is 0.343 e. The molecule has 4 rings (SSSR count). The number of hydrogen-bond acceptors (Lipinski definition) is 7. The number of aromatic nitrogens is 5. The average molecular weight is 522 g/mol. The molecule has 4 heterocycles. The van der Waals surface area contributed by atoms with Gasteiger partial charge in [0.25, 0.3) is 11.8 Å². The molecule has 0 aliphatic heterocycles. The summed E-state index contributed by atoms with van der Waals surface area (Å²) in [5.74, 6) is -1.41. The van der Waals surface area contributed by atoms with Gasteiger partial charge in [0.15, 0.2) is 0 Å². The third-order valence-corrected chi connectivity index (χ3v) is 6.12. The lowest BCUT2D eigenvalue weighted by Gasteiger charge is -2.11. The number of hydrogen-bond donors (Lipinski definition) is 2. The predicted molar refractivity (Wildman–Crippen MR) is 122 cm³/mol. The van der Waals surface area contributed by atoms with E-state index in [0.717, 1.165) is 23.2 Å². The van der Waals surface area contributed by atoms with Gasteiger partial charge in [0, 0.05) is 24.8 Å². The van der Waals surface area contributed by atoms with E-state index in [2.05, 4.69) is 30.7 Å². The van der Waals surface area contributed by atoms with Crippen molar-refractivity contribution >= 4 is 40.6 Å². The van der Waals surface area contributed by atoms with Gasteiger partial charge in [-0.05, 0) is 25.1 Å². The fourth-order valence-corrected chi connectivity index (χ4v) is 3.94. The van der Waals surface area contributed by atoms with Crippen LogP contribution in [0.25, 0.3) is 5.69 Å². The van der Waals surface area contributed by atoms with E-state index in [1.807, 2.05) is 0 Å². The standard InChI is InChI=1S/C21H15ClF3N7O2S/c1-11(30-18(33)12-7-29-32(10-12)13-2-4-26-5-3-13)20-28-9-16(35-20)19(34)31-17-6-14(21(23,24)25)15(22)8-27-17/h2-11H,1H3,(H,30,33)(H,27,31,34)/t11-/m1/s1. The molecule has 2 amide bonds. The van der Waals surface area contributed by atoms with Crippen molar-refractivity contribution in [3.63, 3.8) is 0 Å². The lowest BCUT2D eigenvalue weighted by Crippen LogP contribution is -2.26. The second kappa shape index (κ2) is 9.80. The highest BCUT2D eigenvalue weighted by Crippen LogP contribution is 2.35. The summed E-state index contributed by atoms with van der Waals surface area (Å²) in [5, 5.41) is 9.07. The van der Waals surface area contributed by atoms with Crippen LogP contribution in [0, 0.1) is 0 Å². The predicted octanol–water partition coefficient (Wildman–Crippen LogP) is 4.53. The van der Waals surface area contributed by atoms with Crippen LogP contribution in [0.5, 0.6) is 0 Å². The third kappa shape index (κ3) is 5.63. The number of carbonyl (C=O) groups is 2. The molecule has 35 heavy (non-hydrogen) atoms. The molecule has 0 unspecified atom stereocenters. The van der Waals surface area contributed by atoms with Crippen molar-refractivity contribution in [3.05, 3.63) is 81.4 Å². The zero-order valence-electron chi connectivity index (χ0n) is 17.7. The first-order valence-electron chi connectivity index (χ1n) is 9.87. The number of carbonyl (C=O) groups excluding carboxylic acids is 2. The van der Waals surface area contributed by atoms with Crippen molar-refractivity contribution in [1.29, 1.82) is 0 Å². The lowest BCUT2D eigenvalue weighted by molar-refractivity contribution is -0.137. The molecule has 0 aliphatic rings. The van der Waals surface area contributed by atoms with Crippen LogP contribution in [0.1, 0.15) is 43.6 Å². The first-order valence-corrected chi connectivity index (χ1v) is 11.1. The fourth-order valence-electron chi connectivity index (χ4n) is 2.91. The Kier molecular flexibility index (Phi) is 6.80. The first-order chi connectivity index (χ1) is 16.6. The van der Waals surface area contributed by atoms with E-state index < -0.39 is 34.6 Å². The van der Waals surface area contributed by atoms with Gasteiger partial charge in [-0.2, -0.15) is 18.3 Å². The van der Waals surface area contributed by atoms with Crippen molar-refractivity contribution in [2.45, 2.75) is 19.1 Å². The summed E-state index contributed by atoms with van der Waals surface area (Å²) in [4.78, 5) is 37.0. The number of nitrogens with one attached hydrogen (secondary N) is 2. The minimum Gasteiger partial charge on any atom is -0.343 e. The van der Waals surface area contributed by atoms with Gasteiger partial charge in [-0.15, -0.1) is 11.3 Å². The van der Waals surface area contributed by atoms with E-state index in [4.69, 9.17) is 11.6 Å². The zero-order chi connectivity index (χ0) is 25.2. The normalized spacial score (nSPS) is 12.3. The van der Waals surface area contributed by atoms with E-state index in [-0.39, 0.29) is 10.7 Å². The number of halogens is 4. The Morgan fingerprint density at radius 2 is 1.86 bits per heavy atom. The van der Waals surface area contributed by atoms with E-state index in [1.165, 1.54) is 17.1 Å². The van der Waals surface area contributed by atoms with E-state index >= 15 is 0 Å². The fraction of sp³-hybridized carbons (Fsp3) is 0.143. The van der Waals surface area contributed by atoms with Crippen LogP contribution in [0.4, 0.5) is 19.0 Å². The summed E-state index contributed by atoms with van der Waals surface area (Å²) < 4.78 is 40.6. The van der Waals surface area contributed by atoms with Crippen LogP contribution >= 0.6 is 22.9 Å². The monoisotopic (exact) mass is 521 g/mol. The molecule has 0 spiro atoms. The molecule has 0 aliphatic carbocycles. The van der Waals surface area contributed by atoms with Gasteiger partial charge in [-0.3, -0.25) is 14.6 Å². The van der Waals surface area contributed by atoms with E-state index in [1.54, 1.807) is 37.6 Å². The molecule has 4 aromatic heterocycles. The Bertz CT molecular complexity index is 1370. The van der Waals surface area contributed by atoms with Crippen molar-refractivity contribution in [3.8, 4) is 5.69 Å². The van der Waals surface area contributed by atoms with Crippen LogP contribution in [-0.2, 0) is 6.18 Å². The second-order valence-electron chi connectivity index (χ2n) is 7.14. The molecule has 14 heteroatoms. The summed E-state index contributed by atoms with van der Waals surface area (Å²) >= 11 is 6.52. The van der Waals surface area contributed by atoms with Crippen LogP contribution in [0.15, 0.2) is 55.4 Å². The quantitative estimate of drug-likeness (QED) is 0.385. The maximum Gasteiger partial charge on any atom is 0.418 e. The van der Waals surface area contributed by atoms with E-state index in [0.29, 0.717) is 16.6 Å². The Morgan fingerprint density at radius 3 is 2.57 bits per heavy atom. The largest absolute Gasteiger partial charge is 0.418 e. The van der Waals surface area contributed by atoms with Gasteiger partial charge in [-0.25, -0.2) is 14.6 Å². The average Bonchev–Trinajstić information content (AvgIpc) is 3.51. The first kappa shape index (κ1) is 24.3. The van der Waals surface area contributed by atoms with Crippen LogP contribution < -0.4 is 10.6 Å². The van der Waals surface area contributed by atoms with Gasteiger partial charge < -0.3 is 10.6 Å². The molecule has 0 bridgehead atoms. The van der Waals surface area contributed by atoms with Gasteiger partial charge in [-0.1, -0.05) is 11.6 Å². The number of rotatable bonds is 6. The Labute approximate surface area is 205 Å². The van der Waals surface area contributed by atoms with Gasteiger partial charge >= 0.3 is 6.18 Å². The van der Waals surface area contributed by atoms with Crippen molar-refractivity contribution in [2.75, 3.05) is 5.32 Å². The summed E-state index contributed by atoms with van der Waals surface area (Å²) in [7, 11) is 0. The maximum absolute atomic E-state index is 13.0. The van der Waals surface area contributed by atoms with Crippen LogP contribution in [0.2, 0.25) is 5.02 Å². The molecular weight excluding hydrogens is 507 g/mol. The van der Waals surface area contributed by atoms with Crippen LogP contribution in [-0.4, -0.2) is 36.5 Å². The molecule has 180 valence electrons. The van der Waals surface area contributed by atoms with Gasteiger partial charge in [0.1, 0.15) is 15.7 Å². The highest BCUT2D eigenvalue weighted by molar-refractivity contribution is 7.13. The Balaban J connectivity index is 1.41. The molecule has 9 nitrogen and oxygen atoms in total. The number of nitrogens with zero attached hydrogens (tertiary/aromatic N) is 5. The van der Waals surface area contributed by atoms with Gasteiger partial charge in [0.2, 0.25) is 0 Å². The third-order valence-electron chi connectivity index (χ3n) is 4.64. The lowest BCUT2D eigenvalue weighted by atomic mass is 10.2. The molecule has 2 N–H and O–H groups in total. The number of anilines is 1. The molecule has 0 saturated heterocycles. The summed E-state index contributed by atoms with van der Waals surface area (Å²) in [6.45, 7) is 1.68. The van der Waals surface area contributed by atoms with Crippen molar-refractivity contribution < 1.29 is 22.8 Å². The van der Waals surface area contributed by atoms with Gasteiger partial charge in [0.05, 0.1) is 40.3 Å². The molecule has 0 saturated carbocycles. The highest BCUT2D eigenvalue weighted by Gasteiger charge is 2.34. The minimum absolute atomic E-state index is 0.122. The zero-order valence-corrected chi connectivity index (χ0v) is 19.3. The van der Waals surface area contributed by atoms with Crippen LogP contribution in [0.3, 0.4) is 0 Å². The Hall–Kier alpha value is -3.84. The number of pyridine rings is 2. The topological polar surface area (TPSA) is 115 Å². The van der Waals surface area contributed by atoms with E-state index in [9.17, 15) is 22.8 Å². The van der Waals surface area contributed by atoms with Crippen molar-refractivity contribution in [2.24, 2.45) is 0 Å². The second-order valence-corrected chi connectivity index (χ2v) is 8.61. The summed E-state index contributed by atoms with van der Waals surface area (Å²) in [6.07, 6.45) is 3.57. The number of alkyl halides is 3. The SMILES string of the molecule is C[C@@H](NC(=O)c1cnn(-c2ccncc2)c1)c1ncc(C(=O)Nc2cc(C(F)(F)F)c(Cl)cn2)s1.